The van der Waals surface area contributed by atoms with Crippen LogP contribution in [0.4, 0.5) is 8.78 Å². The number of carbonyl (C=O) groups excluding carboxylic acids is 4. The first-order valence-corrected chi connectivity index (χ1v) is 12.2. The molecule has 0 spiro atoms. The quantitative estimate of drug-likeness (QED) is 0.362. The van der Waals surface area contributed by atoms with Gasteiger partial charge in [-0.25, -0.2) is 8.78 Å². The van der Waals surface area contributed by atoms with Gasteiger partial charge in [0.1, 0.15) is 18.2 Å². The molecule has 10 heteroatoms. The van der Waals surface area contributed by atoms with Crippen LogP contribution in [0.5, 0.6) is 0 Å². The Kier molecular flexibility index (Phi) is 7.66. The third-order valence-electron chi connectivity index (χ3n) is 6.65. The molecule has 0 N–H and O–H groups in total. The molecule has 37 heavy (non-hydrogen) atoms. The average molecular weight is 511 g/mol. The normalized spacial score (nSPS) is 13.6. The molecular weight excluding hydrogens is 482 g/mol. The van der Waals surface area contributed by atoms with Crippen LogP contribution < -0.4 is 0 Å². The largest absolute Gasteiger partial charge is 0.342 e. The number of aromatic nitrogens is 1. The van der Waals surface area contributed by atoms with Crippen LogP contribution in [0.25, 0.3) is 10.9 Å². The van der Waals surface area contributed by atoms with Crippen molar-refractivity contribution in [2.24, 2.45) is 0 Å². The molecule has 0 atom stereocenters. The number of ketones is 1. The van der Waals surface area contributed by atoms with Crippen LogP contribution in [0, 0.1) is 11.6 Å². The predicted molar refractivity (Wildman–Crippen MR) is 133 cm³/mol. The molecule has 0 aliphatic carbocycles. The lowest BCUT2D eigenvalue weighted by molar-refractivity contribution is -0.131. The number of nitrogens with zero attached hydrogens (tertiary/aromatic N) is 4. The third-order valence-corrected chi connectivity index (χ3v) is 6.65. The van der Waals surface area contributed by atoms with E-state index in [2.05, 4.69) is 0 Å². The van der Waals surface area contributed by atoms with E-state index in [9.17, 15) is 28.0 Å². The van der Waals surface area contributed by atoms with Crippen LogP contribution in [0.15, 0.2) is 48.7 Å². The fourth-order valence-electron chi connectivity index (χ4n) is 4.62. The first-order valence-electron chi connectivity index (χ1n) is 12.2. The number of fused-ring (bicyclic) bond motifs is 1. The molecule has 0 radical (unpaired) electrons. The lowest BCUT2D eigenvalue weighted by Gasteiger charge is -2.34. The molecule has 194 valence electrons. The van der Waals surface area contributed by atoms with E-state index in [1.165, 1.54) is 20.6 Å². The maximum atomic E-state index is 14.8. The van der Waals surface area contributed by atoms with Crippen molar-refractivity contribution in [1.82, 2.24) is 19.3 Å². The first kappa shape index (κ1) is 26.0. The van der Waals surface area contributed by atoms with E-state index in [1.54, 1.807) is 43.0 Å². The minimum atomic E-state index is -0.994. The fourth-order valence-corrected chi connectivity index (χ4v) is 4.62. The van der Waals surface area contributed by atoms with Crippen LogP contribution in [0.2, 0.25) is 0 Å². The number of likely N-dealkylation sites (N-methyl/N-ethyl adjacent to an activating group) is 1. The predicted octanol–water partition coefficient (Wildman–Crippen LogP) is 2.96. The Bertz CT molecular complexity index is 1340. The zero-order valence-electron chi connectivity index (χ0n) is 20.7. The van der Waals surface area contributed by atoms with E-state index in [1.807, 2.05) is 6.07 Å². The summed E-state index contributed by atoms with van der Waals surface area (Å²) in [7, 11) is 0. The maximum absolute atomic E-state index is 14.8. The van der Waals surface area contributed by atoms with Gasteiger partial charge in [0, 0.05) is 56.4 Å². The van der Waals surface area contributed by atoms with Crippen molar-refractivity contribution in [3.63, 3.8) is 0 Å². The zero-order chi connectivity index (χ0) is 26.7. The molecule has 1 saturated heterocycles. The number of amides is 3. The molecular formula is C27H28F2N4O4. The van der Waals surface area contributed by atoms with Gasteiger partial charge in [-0.2, -0.15) is 0 Å². The summed E-state index contributed by atoms with van der Waals surface area (Å²) in [5, 5.41) is -0.330. The summed E-state index contributed by atoms with van der Waals surface area (Å²) in [5.74, 6) is -4.02. The van der Waals surface area contributed by atoms with Crippen molar-refractivity contribution in [3.8, 4) is 0 Å². The number of Topliss-reactive ketones (excluding diaryl/α,β-unsaturated/α-hetero) is 1. The van der Waals surface area contributed by atoms with E-state index < -0.39 is 23.3 Å². The minimum absolute atomic E-state index is 0.124. The highest BCUT2D eigenvalue weighted by Crippen LogP contribution is 2.28. The van der Waals surface area contributed by atoms with Crippen molar-refractivity contribution >= 4 is 34.4 Å². The van der Waals surface area contributed by atoms with Crippen LogP contribution >= 0.6 is 0 Å². The van der Waals surface area contributed by atoms with E-state index in [0.717, 1.165) is 12.1 Å². The second kappa shape index (κ2) is 10.9. The number of rotatable bonds is 7. The van der Waals surface area contributed by atoms with Crippen molar-refractivity contribution in [1.29, 1.82) is 0 Å². The summed E-state index contributed by atoms with van der Waals surface area (Å²) in [6, 6.07) is 10.6. The number of piperazine rings is 1. The molecule has 3 aromatic rings. The highest BCUT2D eigenvalue weighted by Gasteiger charge is 2.32. The number of benzene rings is 2. The molecule has 8 nitrogen and oxygen atoms in total. The van der Waals surface area contributed by atoms with Gasteiger partial charge < -0.3 is 19.3 Å². The SMILES string of the molecule is CCN(CC)C(=O)Cn1cc(C(=O)C(=O)N2CCN(C(=O)c3ccccc3)CC2)c2c(F)ccc(F)c21. The summed E-state index contributed by atoms with van der Waals surface area (Å²) in [5.41, 5.74) is -0.00926. The number of hydrogen-bond acceptors (Lipinski definition) is 4. The Morgan fingerprint density at radius 3 is 2.05 bits per heavy atom. The molecule has 1 aliphatic heterocycles. The Morgan fingerprint density at radius 1 is 0.838 bits per heavy atom. The zero-order valence-corrected chi connectivity index (χ0v) is 20.7. The van der Waals surface area contributed by atoms with Crippen LogP contribution in [0.3, 0.4) is 0 Å². The minimum Gasteiger partial charge on any atom is -0.342 e. The van der Waals surface area contributed by atoms with E-state index in [4.69, 9.17) is 0 Å². The van der Waals surface area contributed by atoms with Gasteiger partial charge in [0.15, 0.2) is 0 Å². The molecule has 0 bridgehead atoms. The average Bonchev–Trinajstić information content (AvgIpc) is 3.31. The fraction of sp³-hybridized carbons (Fsp3) is 0.333. The van der Waals surface area contributed by atoms with Gasteiger partial charge in [0.05, 0.1) is 11.1 Å². The lowest BCUT2D eigenvalue weighted by atomic mass is 10.1. The molecule has 0 unspecified atom stereocenters. The first-order chi connectivity index (χ1) is 17.8. The molecule has 4 rings (SSSR count). The molecule has 2 aromatic carbocycles. The van der Waals surface area contributed by atoms with Gasteiger partial charge >= 0.3 is 0 Å². The van der Waals surface area contributed by atoms with Gasteiger partial charge in [-0.15, -0.1) is 0 Å². The topological polar surface area (TPSA) is 82.9 Å². The van der Waals surface area contributed by atoms with E-state index >= 15 is 0 Å². The Balaban J connectivity index is 1.56. The summed E-state index contributed by atoms with van der Waals surface area (Å²) in [6.07, 6.45) is 1.17. The van der Waals surface area contributed by atoms with Gasteiger partial charge in [0.2, 0.25) is 5.91 Å². The van der Waals surface area contributed by atoms with Crippen molar-refractivity contribution in [3.05, 3.63) is 71.4 Å². The highest BCUT2D eigenvalue weighted by molar-refractivity contribution is 6.45. The molecule has 1 aromatic heterocycles. The molecule has 1 fully saturated rings. The lowest BCUT2D eigenvalue weighted by Crippen LogP contribution is -2.52. The third kappa shape index (κ3) is 5.09. The van der Waals surface area contributed by atoms with Crippen LogP contribution in [-0.4, -0.2) is 82.0 Å². The smallest absolute Gasteiger partial charge is 0.295 e. The van der Waals surface area contributed by atoms with E-state index in [-0.39, 0.29) is 61.0 Å². The maximum Gasteiger partial charge on any atom is 0.295 e. The Hall–Kier alpha value is -4.08. The Morgan fingerprint density at radius 2 is 1.43 bits per heavy atom. The Labute approximate surface area is 213 Å². The molecule has 3 amide bonds. The van der Waals surface area contributed by atoms with Crippen molar-refractivity contribution in [2.75, 3.05) is 39.3 Å². The molecule has 2 heterocycles. The second-order valence-corrected chi connectivity index (χ2v) is 8.77. The summed E-state index contributed by atoms with van der Waals surface area (Å²) in [4.78, 5) is 56.1. The molecule has 0 saturated carbocycles. The van der Waals surface area contributed by atoms with Crippen molar-refractivity contribution in [2.45, 2.75) is 20.4 Å². The van der Waals surface area contributed by atoms with Crippen LogP contribution in [-0.2, 0) is 16.1 Å². The second-order valence-electron chi connectivity index (χ2n) is 8.77. The monoisotopic (exact) mass is 510 g/mol. The number of hydrogen-bond donors (Lipinski definition) is 0. The van der Waals surface area contributed by atoms with Crippen LogP contribution in [0.1, 0.15) is 34.6 Å². The van der Waals surface area contributed by atoms with E-state index in [0.29, 0.717) is 18.7 Å². The van der Waals surface area contributed by atoms with Gasteiger partial charge in [0.25, 0.3) is 17.6 Å². The standard InChI is InChI=1S/C27H28F2N4O4/c1-3-30(4-2)22(34)17-33-16-19(23-20(28)10-11-21(29)24(23)33)25(35)27(37)32-14-12-31(13-15-32)26(36)18-8-6-5-7-9-18/h5-11,16H,3-4,12-15,17H2,1-2H3. The van der Waals surface area contributed by atoms with Crippen molar-refractivity contribution < 1.29 is 28.0 Å². The summed E-state index contributed by atoms with van der Waals surface area (Å²) in [6.45, 7) is 4.89. The number of halogens is 2. The molecule has 1 aliphatic rings. The summed E-state index contributed by atoms with van der Waals surface area (Å²) >= 11 is 0. The highest BCUT2D eigenvalue weighted by atomic mass is 19.1. The van der Waals surface area contributed by atoms with Gasteiger partial charge in [-0.1, -0.05) is 18.2 Å². The number of carbonyl (C=O) groups is 4. The van der Waals surface area contributed by atoms with Gasteiger partial charge in [-0.05, 0) is 38.1 Å². The van der Waals surface area contributed by atoms with Gasteiger partial charge in [-0.3, -0.25) is 19.2 Å². The summed E-state index contributed by atoms with van der Waals surface area (Å²) < 4.78 is 30.8.